The molecule has 0 saturated carbocycles. The second kappa shape index (κ2) is 7.49. The van der Waals surface area contributed by atoms with E-state index in [0.29, 0.717) is 12.1 Å². The van der Waals surface area contributed by atoms with Gasteiger partial charge in [-0.25, -0.2) is 9.48 Å². The van der Waals surface area contributed by atoms with Gasteiger partial charge in [-0.3, -0.25) is 0 Å². The number of carbonyl (C=O) groups is 1. The number of rotatable bonds is 6. The van der Waals surface area contributed by atoms with Crippen molar-refractivity contribution in [2.45, 2.75) is 46.1 Å². The van der Waals surface area contributed by atoms with Gasteiger partial charge in [0.1, 0.15) is 0 Å². The highest BCUT2D eigenvalue weighted by molar-refractivity contribution is 5.90. The van der Waals surface area contributed by atoms with Crippen LogP contribution in [0.5, 0.6) is 0 Å². The molecule has 0 aliphatic carbocycles. The van der Waals surface area contributed by atoms with E-state index in [1.807, 2.05) is 62.7 Å². The third kappa shape index (κ3) is 4.35. The number of nitrogens with one attached hydrogen (secondary N) is 2. The van der Waals surface area contributed by atoms with E-state index in [-0.39, 0.29) is 12.6 Å². The Bertz CT molecular complexity index is 711. The zero-order chi connectivity index (χ0) is 17.7. The van der Waals surface area contributed by atoms with Crippen LogP contribution in [0.2, 0.25) is 0 Å². The zero-order valence-electron chi connectivity index (χ0n) is 14.8. The number of hydrogen-bond acceptors (Lipinski definition) is 3. The van der Waals surface area contributed by atoms with E-state index in [4.69, 9.17) is 0 Å². The molecule has 1 aromatic heterocycles. The SMILES string of the molecule is CCCC(C)(CO)NC(=O)Nc1cccc(-n2nc(C)cc2C)c1. The summed E-state index contributed by atoms with van der Waals surface area (Å²) in [7, 11) is 0. The second-order valence-electron chi connectivity index (χ2n) is 6.44. The van der Waals surface area contributed by atoms with Crippen molar-refractivity contribution in [2.75, 3.05) is 11.9 Å². The lowest BCUT2D eigenvalue weighted by atomic mass is 9.98. The van der Waals surface area contributed by atoms with E-state index in [9.17, 15) is 9.90 Å². The predicted octanol–water partition coefficient (Wildman–Crippen LogP) is 3.16. The highest BCUT2D eigenvalue weighted by atomic mass is 16.3. The molecule has 0 bridgehead atoms. The first-order chi connectivity index (χ1) is 11.4. The Morgan fingerprint density at radius 2 is 2.08 bits per heavy atom. The van der Waals surface area contributed by atoms with Crippen molar-refractivity contribution in [1.82, 2.24) is 15.1 Å². The van der Waals surface area contributed by atoms with E-state index in [1.54, 1.807) is 0 Å². The topological polar surface area (TPSA) is 79.2 Å². The number of aryl methyl sites for hydroxylation is 2. The molecule has 2 rings (SSSR count). The number of carbonyl (C=O) groups excluding carboxylic acids is 1. The molecule has 2 amide bonds. The first-order valence-corrected chi connectivity index (χ1v) is 8.20. The Labute approximate surface area is 142 Å². The molecule has 1 unspecified atom stereocenters. The van der Waals surface area contributed by atoms with Gasteiger partial charge in [-0.1, -0.05) is 19.4 Å². The van der Waals surface area contributed by atoms with Crippen molar-refractivity contribution in [3.05, 3.63) is 41.7 Å². The Balaban J connectivity index is 2.12. The Morgan fingerprint density at radius 3 is 2.67 bits per heavy atom. The molecule has 1 aromatic carbocycles. The minimum atomic E-state index is -0.619. The van der Waals surface area contributed by atoms with E-state index >= 15 is 0 Å². The van der Waals surface area contributed by atoms with Gasteiger partial charge in [0.05, 0.1) is 23.5 Å². The van der Waals surface area contributed by atoms with Crippen LogP contribution in [0.4, 0.5) is 10.5 Å². The fraction of sp³-hybridized carbons (Fsp3) is 0.444. The highest BCUT2D eigenvalue weighted by Crippen LogP contribution is 2.17. The number of benzene rings is 1. The summed E-state index contributed by atoms with van der Waals surface area (Å²) in [6, 6.07) is 9.19. The van der Waals surface area contributed by atoms with Gasteiger partial charge < -0.3 is 15.7 Å². The molecular weight excluding hydrogens is 304 g/mol. The molecule has 6 nitrogen and oxygen atoms in total. The molecule has 0 aliphatic heterocycles. The van der Waals surface area contributed by atoms with Gasteiger partial charge in [0.15, 0.2) is 0 Å². The molecule has 6 heteroatoms. The van der Waals surface area contributed by atoms with Gasteiger partial charge in [-0.2, -0.15) is 5.10 Å². The summed E-state index contributed by atoms with van der Waals surface area (Å²) in [6.07, 6.45) is 1.59. The van der Waals surface area contributed by atoms with Crippen LogP contribution in [0.3, 0.4) is 0 Å². The summed E-state index contributed by atoms with van der Waals surface area (Å²) in [4.78, 5) is 12.2. The summed E-state index contributed by atoms with van der Waals surface area (Å²) >= 11 is 0. The maximum Gasteiger partial charge on any atom is 0.319 e. The van der Waals surface area contributed by atoms with Crippen LogP contribution in [0.1, 0.15) is 38.1 Å². The van der Waals surface area contributed by atoms with E-state index in [1.165, 1.54) is 0 Å². The van der Waals surface area contributed by atoms with Crippen LogP contribution < -0.4 is 10.6 Å². The third-order valence-corrected chi connectivity index (χ3v) is 3.92. The lowest BCUT2D eigenvalue weighted by Crippen LogP contribution is -2.50. The van der Waals surface area contributed by atoms with Crippen LogP contribution in [0.25, 0.3) is 5.69 Å². The van der Waals surface area contributed by atoms with Gasteiger partial charge in [0, 0.05) is 11.4 Å². The fourth-order valence-corrected chi connectivity index (χ4v) is 2.77. The fourth-order valence-electron chi connectivity index (χ4n) is 2.77. The van der Waals surface area contributed by atoms with Crippen molar-refractivity contribution in [3.8, 4) is 5.69 Å². The van der Waals surface area contributed by atoms with Gasteiger partial charge in [-0.15, -0.1) is 0 Å². The number of hydrogen-bond donors (Lipinski definition) is 3. The molecule has 0 fully saturated rings. The molecule has 1 heterocycles. The van der Waals surface area contributed by atoms with Gasteiger partial charge in [0.2, 0.25) is 0 Å². The lowest BCUT2D eigenvalue weighted by Gasteiger charge is -2.28. The minimum Gasteiger partial charge on any atom is -0.394 e. The van der Waals surface area contributed by atoms with Crippen LogP contribution in [-0.4, -0.2) is 33.1 Å². The molecule has 1 atom stereocenters. The van der Waals surface area contributed by atoms with Crippen LogP contribution >= 0.6 is 0 Å². The van der Waals surface area contributed by atoms with E-state index in [0.717, 1.165) is 23.5 Å². The smallest absolute Gasteiger partial charge is 0.319 e. The quantitative estimate of drug-likeness (QED) is 0.761. The molecule has 2 aromatic rings. The normalized spacial score (nSPS) is 13.4. The zero-order valence-corrected chi connectivity index (χ0v) is 14.8. The van der Waals surface area contributed by atoms with Gasteiger partial charge >= 0.3 is 6.03 Å². The third-order valence-electron chi connectivity index (χ3n) is 3.92. The molecule has 3 N–H and O–H groups in total. The maximum absolute atomic E-state index is 12.2. The van der Waals surface area contributed by atoms with E-state index < -0.39 is 5.54 Å². The molecule has 0 aliphatic rings. The molecule has 0 saturated heterocycles. The van der Waals surface area contributed by atoms with Crippen molar-refractivity contribution >= 4 is 11.7 Å². The standard InChI is InChI=1S/C18H26N4O2/c1-5-9-18(4,12-23)20-17(24)19-15-7-6-8-16(11-15)22-14(3)10-13(2)21-22/h6-8,10-11,23H,5,9,12H2,1-4H3,(H2,19,20,24). The molecule has 0 spiro atoms. The number of amides is 2. The summed E-state index contributed by atoms with van der Waals surface area (Å²) < 4.78 is 1.84. The van der Waals surface area contributed by atoms with Crippen molar-refractivity contribution in [3.63, 3.8) is 0 Å². The van der Waals surface area contributed by atoms with Gasteiger partial charge in [-0.05, 0) is 51.5 Å². The van der Waals surface area contributed by atoms with Crippen LogP contribution in [-0.2, 0) is 0 Å². The summed E-state index contributed by atoms with van der Waals surface area (Å²) in [5.74, 6) is 0. The summed E-state index contributed by atoms with van der Waals surface area (Å²) in [6.45, 7) is 7.69. The van der Waals surface area contributed by atoms with Crippen molar-refractivity contribution < 1.29 is 9.90 Å². The number of urea groups is 1. The summed E-state index contributed by atoms with van der Waals surface area (Å²) in [5.41, 5.74) is 2.92. The van der Waals surface area contributed by atoms with Crippen molar-refractivity contribution in [2.24, 2.45) is 0 Å². The highest BCUT2D eigenvalue weighted by Gasteiger charge is 2.24. The number of nitrogens with zero attached hydrogens (tertiary/aromatic N) is 2. The van der Waals surface area contributed by atoms with Crippen LogP contribution in [0, 0.1) is 13.8 Å². The molecular formula is C18H26N4O2. The maximum atomic E-state index is 12.2. The second-order valence-corrected chi connectivity index (χ2v) is 6.44. The summed E-state index contributed by atoms with van der Waals surface area (Å²) in [5, 5.41) is 19.6. The van der Waals surface area contributed by atoms with Crippen LogP contribution in [0.15, 0.2) is 30.3 Å². The van der Waals surface area contributed by atoms with Gasteiger partial charge in [0.25, 0.3) is 0 Å². The van der Waals surface area contributed by atoms with E-state index in [2.05, 4.69) is 15.7 Å². The molecule has 24 heavy (non-hydrogen) atoms. The Kier molecular flexibility index (Phi) is 5.62. The number of aliphatic hydroxyl groups is 1. The first kappa shape index (κ1) is 18.0. The monoisotopic (exact) mass is 330 g/mol. The Morgan fingerprint density at radius 1 is 1.33 bits per heavy atom. The average molecular weight is 330 g/mol. The largest absolute Gasteiger partial charge is 0.394 e. The molecule has 0 radical (unpaired) electrons. The number of aliphatic hydroxyl groups excluding tert-OH is 1. The minimum absolute atomic E-state index is 0.0972. The number of anilines is 1. The lowest BCUT2D eigenvalue weighted by molar-refractivity contribution is 0.167. The molecule has 130 valence electrons. The Hall–Kier alpha value is -2.34. The predicted molar refractivity (Wildman–Crippen MR) is 95.6 cm³/mol. The van der Waals surface area contributed by atoms with Crippen molar-refractivity contribution in [1.29, 1.82) is 0 Å². The first-order valence-electron chi connectivity index (χ1n) is 8.20. The number of aromatic nitrogens is 2. The average Bonchev–Trinajstić information content (AvgIpc) is 2.86.